The molecule has 0 aliphatic heterocycles. The maximum atomic E-state index is 11.6. The summed E-state index contributed by atoms with van der Waals surface area (Å²) in [6.07, 6.45) is 0. The molecule has 0 fully saturated rings. The third-order valence-corrected chi connectivity index (χ3v) is 2.30. The van der Waals surface area contributed by atoms with Gasteiger partial charge in [0.05, 0.1) is 14.1 Å². The molecule has 0 bridgehead atoms. The van der Waals surface area contributed by atoms with E-state index in [1.54, 1.807) is 11.8 Å². The first kappa shape index (κ1) is 11.4. The zero-order valence-electron chi connectivity index (χ0n) is 9.69. The van der Waals surface area contributed by atoms with Gasteiger partial charge in [0.2, 0.25) is 0 Å². The fourth-order valence-corrected chi connectivity index (χ4v) is 1.37. The molecule has 0 heterocycles. The van der Waals surface area contributed by atoms with Gasteiger partial charge in [0.25, 0.3) is 5.84 Å². The van der Waals surface area contributed by atoms with Crippen molar-refractivity contribution in [3.63, 3.8) is 0 Å². The largest absolute Gasteiger partial charge is 0.311 e. The summed E-state index contributed by atoms with van der Waals surface area (Å²) < 4.78 is 1.92. The third kappa shape index (κ3) is 2.65. The fourth-order valence-electron chi connectivity index (χ4n) is 1.37. The van der Waals surface area contributed by atoms with E-state index in [1.165, 1.54) is 0 Å². The zero-order chi connectivity index (χ0) is 11.4. The van der Waals surface area contributed by atoms with Gasteiger partial charge in [0.15, 0.2) is 0 Å². The summed E-state index contributed by atoms with van der Waals surface area (Å²) in [5.74, 6) is 0.932. The van der Waals surface area contributed by atoms with E-state index in [0.29, 0.717) is 0 Å². The van der Waals surface area contributed by atoms with E-state index in [2.05, 4.69) is 0 Å². The van der Waals surface area contributed by atoms with Gasteiger partial charge < -0.3 is 0 Å². The Morgan fingerprint density at radius 3 is 2.07 bits per heavy atom. The molecule has 80 valence electrons. The van der Waals surface area contributed by atoms with Crippen LogP contribution in [0.2, 0.25) is 0 Å². The predicted molar refractivity (Wildman–Crippen MR) is 62.4 cm³/mol. The Bertz CT molecular complexity index is 378. The van der Waals surface area contributed by atoms with Gasteiger partial charge in [-0.15, -0.1) is 0 Å². The lowest BCUT2D eigenvalue weighted by atomic mass is 10.3. The van der Waals surface area contributed by atoms with E-state index in [4.69, 9.17) is 0 Å². The van der Waals surface area contributed by atoms with Crippen LogP contribution in [0.3, 0.4) is 0 Å². The second kappa shape index (κ2) is 4.73. The molecule has 1 aromatic carbocycles. The summed E-state index contributed by atoms with van der Waals surface area (Å²) in [5, 5.41) is 0. The van der Waals surface area contributed by atoms with Crippen molar-refractivity contribution in [2.75, 3.05) is 19.0 Å². The highest BCUT2D eigenvalue weighted by Crippen LogP contribution is 2.13. The minimum atomic E-state index is 0.0207. The van der Waals surface area contributed by atoms with Gasteiger partial charge in [-0.25, -0.2) is 4.79 Å². The molecule has 3 heteroatoms. The van der Waals surface area contributed by atoms with Crippen molar-refractivity contribution in [2.45, 2.75) is 13.8 Å². The Balaban J connectivity index is 3.16. The average molecular weight is 205 g/mol. The highest BCUT2D eigenvalue weighted by Gasteiger charge is 2.23. The molecule has 1 rings (SSSR count). The van der Waals surface area contributed by atoms with E-state index in [1.807, 2.05) is 55.9 Å². The van der Waals surface area contributed by atoms with Crippen LogP contribution in [0.4, 0.5) is 5.69 Å². The highest BCUT2D eigenvalue weighted by molar-refractivity contribution is 6.13. The number of amidine groups is 1. The Labute approximate surface area is 90.6 Å². The Morgan fingerprint density at radius 2 is 1.67 bits per heavy atom. The maximum Gasteiger partial charge on any atom is 0.311 e. The first-order valence-electron chi connectivity index (χ1n) is 4.90. The molecule has 0 atom stereocenters. The van der Waals surface area contributed by atoms with Gasteiger partial charge in [-0.3, -0.25) is 4.58 Å². The molecule has 0 saturated carbocycles. The molecule has 3 nitrogen and oxygen atoms in total. The number of amides is 1. The summed E-state index contributed by atoms with van der Waals surface area (Å²) in [4.78, 5) is 13.3. The molecular formula is C12H17N2O+. The molecular weight excluding hydrogens is 188 g/mol. The van der Waals surface area contributed by atoms with Crippen molar-refractivity contribution in [1.82, 2.24) is 0 Å². The van der Waals surface area contributed by atoms with Gasteiger partial charge in [0, 0.05) is 13.8 Å². The molecule has 0 aliphatic carbocycles. The molecule has 0 spiro atoms. The van der Waals surface area contributed by atoms with Crippen molar-refractivity contribution in [3.8, 4) is 0 Å². The van der Waals surface area contributed by atoms with E-state index in [0.717, 1.165) is 11.5 Å². The summed E-state index contributed by atoms with van der Waals surface area (Å²) in [6.45, 7) is 3.49. The molecule has 0 unspecified atom stereocenters. The normalized spacial score (nSPS) is 9.60. The van der Waals surface area contributed by atoms with Crippen molar-refractivity contribution in [3.05, 3.63) is 30.3 Å². The minimum Gasteiger partial charge on any atom is -0.271 e. The summed E-state index contributed by atoms with van der Waals surface area (Å²) in [5.41, 5.74) is 0.899. The smallest absolute Gasteiger partial charge is 0.271 e. The van der Waals surface area contributed by atoms with Crippen LogP contribution in [0.1, 0.15) is 13.8 Å². The minimum absolute atomic E-state index is 0.0207. The molecule has 0 radical (unpaired) electrons. The first-order chi connectivity index (χ1) is 7.04. The van der Waals surface area contributed by atoms with E-state index < -0.39 is 0 Å². The van der Waals surface area contributed by atoms with Crippen LogP contribution in [-0.4, -0.2) is 30.4 Å². The quantitative estimate of drug-likeness (QED) is 0.389. The lowest BCUT2D eigenvalue weighted by Crippen LogP contribution is -2.37. The van der Waals surface area contributed by atoms with E-state index in [-0.39, 0.29) is 5.91 Å². The lowest BCUT2D eigenvalue weighted by molar-refractivity contribution is -0.465. The van der Waals surface area contributed by atoms with Gasteiger partial charge in [-0.1, -0.05) is 18.2 Å². The van der Waals surface area contributed by atoms with Crippen LogP contribution in [0.25, 0.3) is 0 Å². The number of rotatable bonds is 1. The number of benzene rings is 1. The zero-order valence-corrected chi connectivity index (χ0v) is 9.69. The highest BCUT2D eigenvalue weighted by atomic mass is 16.2. The lowest BCUT2D eigenvalue weighted by Gasteiger charge is -2.14. The molecule has 1 amide bonds. The van der Waals surface area contributed by atoms with Crippen LogP contribution in [0, 0.1) is 0 Å². The van der Waals surface area contributed by atoms with Gasteiger partial charge >= 0.3 is 5.91 Å². The van der Waals surface area contributed by atoms with Crippen LogP contribution in [-0.2, 0) is 4.79 Å². The first-order valence-corrected chi connectivity index (χ1v) is 4.90. The van der Waals surface area contributed by atoms with Gasteiger partial charge in [0.1, 0.15) is 5.69 Å². The average Bonchev–Trinajstić information content (AvgIpc) is 2.18. The van der Waals surface area contributed by atoms with Crippen molar-refractivity contribution in [1.29, 1.82) is 0 Å². The Morgan fingerprint density at radius 1 is 1.13 bits per heavy atom. The van der Waals surface area contributed by atoms with Crippen LogP contribution >= 0.6 is 0 Å². The van der Waals surface area contributed by atoms with E-state index in [9.17, 15) is 4.79 Å². The number of carbonyl (C=O) groups is 1. The molecule has 0 aromatic heterocycles. The number of para-hydroxylation sites is 1. The monoisotopic (exact) mass is 205 g/mol. The maximum absolute atomic E-state index is 11.6. The number of nitrogens with zero attached hydrogens (tertiary/aromatic N) is 2. The summed E-state index contributed by atoms with van der Waals surface area (Å²) >= 11 is 0. The molecule has 1 aromatic rings. The number of anilines is 1. The number of carbonyl (C=O) groups excluding carboxylic acids is 1. The topological polar surface area (TPSA) is 23.3 Å². The van der Waals surface area contributed by atoms with Crippen molar-refractivity contribution < 1.29 is 9.37 Å². The van der Waals surface area contributed by atoms with Crippen molar-refractivity contribution in [2.24, 2.45) is 0 Å². The molecule has 0 saturated heterocycles. The SMILES string of the molecule is CC(=O)N(C(C)=[N+](C)C)c1ccccc1. The van der Waals surface area contributed by atoms with Crippen LogP contribution in [0.15, 0.2) is 30.3 Å². The fraction of sp³-hybridized carbons (Fsp3) is 0.333. The third-order valence-electron chi connectivity index (χ3n) is 2.30. The summed E-state index contributed by atoms with van der Waals surface area (Å²) in [7, 11) is 3.85. The van der Waals surface area contributed by atoms with E-state index >= 15 is 0 Å². The summed E-state index contributed by atoms with van der Waals surface area (Å²) in [6, 6.07) is 9.64. The number of hydrogen-bond acceptors (Lipinski definition) is 1. The van der Waals surface area contributed by atoms with Crippen LogP contribution in [0.5, 0.6) is 0 Å². The van der Waals surface area contributed by atoms with Crippen molar-refractivity contribution >= 4 is 17.4 Å². The Kier molecular flexibility index (Phi) is 3.61. The second-order valence-electron chi connectivity index (χ2n) is 3.63. The predicted octanol–water partition coefficient (Wildman–Crippen LogP) is 1.73. The molecule has 15 heavy (non-hydrogen) atoms. The van der Waals surface area contributed by atoms with Crippen LogP contribution < -0.4 is 4.90 Å². The van der Waals surface area contributed by atoms with Gasteiger partial charge in [-0.2, -0.15) is 4.90 Å². The molecule has 0 aliphatic rings. The van der Waals surface area contributed by atoms with Gasteiger partial charge in [-0.05, 0) is 12.1 Å². The Hall–Kier alpha value is -1.64. The molecule has 0 N–H and O–H groups in total. The second-order valence-corrected chi connectivity index (χ2v) is 3.63. The standard InChI is InChI=1S/C12H17N2O/c1-10(13(3)4)14(11(2)15)12-8-6-5-7-9-12/h5-9H,1-4H3/q+1. The number of hydrogen-bond donors (Lipinski definition) is 0.